The topological polar surface area (TPSA) is 114 Å². The number of amides is 1. The van der Waals surface area contributed by atoms with E-state index in [-0.39, 0.29) is 26.4 Å². The quantitative estimate of drug-likeness (QED) is 0.270. The zero-order valence-corrected chi connectivity index (χ0v) is 25.0. The molecule has 13 heteroatoms. The maximum atomic E-state index is 13.3. The highest BCUT2D eigenvalue weighted by Gasteiger charge is 2.50. The summed E-state index contributed by atoms with van der Waals surface area (Å²) in [6, 6.07) is 19.4. The van der Waals surface area contributed by atoms with Crippen LogP contribution >= 0.6 is 0 Å². The van der Waals surface area contributed by atoms with Gasteiger partial charge in [-0.25, -0.2) is 0 Å². The van der Waals surface area contributed by atoms with E-state index < -0.39 is 42.7 Å². The first-order valence-electron chi connectivity index (χ1n) is 14.0. The van der Waals surface area contributed by atoms with Crippen molar-refractivity contribution in [3.05, 3.63) is 89.5 Å². The predicted octanol–water partition coefficient (Wildman–Crippen LogP) is 4.16. The van der Waals surface area contributed by atoms with Gasteiger partial charge in [0.05, 0.1) is 47.8 Å². The van der Waals surface area contributed by atoms with Gasteiger partial charge >= 0.3 is 12.1 Å². The second kappa shape index (κ2) is 15.9. The molecule has 0 spiro atoms. The Hall–Kier alpha value is -3.88. The minimum atomic E-state index is -5.21. The molecular weight excluding hydrogens is 599 g/mol. The predicted molar refractivity (Wildman–Crippen MR) is 155 cm³/mol. The van der Waals surface area contributed by atoms with E-state index in [0.29, 0.717) is 22.8 Å². The monoisotopic (exact) mass is 635 g/mol. The maximum Gasteiger partial charge on any atom is 0.471 e. The van der Waals surface area contributed by atoms with Gasteiger partial charge in [0.1, 0.15) is 41.6 Å². The third-order valence-electron chi connectivity index (χ3n) is 7.13. The highest BCUT2D eigenvalue weighted by Crippen LogP contribution is 2.29. The fraction of sp³-hybridized carbons (Fsp3) is 0.406. The Morgan fingerprint density at radius 2 is 1.16 bits per heavy atom. The van der Waals surface area contributed by atoms with Gasteiger partial charge in [0.25, 0.3) is 0 Å². The molecule has 5 atom stereocenters. The second-order valence-corrected chi connectivity index (χ2v) is 10.2. The molecule has 2 unspecified atom stereocenters. The lowest BCUT2D eigenvalue weighted by molar-refractivity contribution is -0.279. The van der Waals surface area contributed by atoms with Crippen LogP contribution in [0.25, 0.3) is 0 Å². The Balaban J connectivity index is 1.58. The molecular formula is C32H36F3NO9. The number of hydrogen-bond donors (Lipinski definition) is 2. The van der Waals surface area contributed by atoms with Crippen molar-refractivity contribution < 1.29 is 56.2 Å². The fourth-order valence-electron chi connectivity index (χ4n) is 4.68. The summed E-state index contributed by atoms with van der Waals surface area (Å²) in [4.78, 5) is 12.0. The summed E-state index contributed by atoms with van der Waals surface area (Å²) in [5.41, 5.74) is 2.22. The fourth-order valence-corrected chi connectivity index (χ4v) is 4.68. The van der Waals surface area contributed by atoms with E-state index in [2.05, 4.69) is 0 Å². The number of alkyl halides is 3. The smallest absolute Gasteiger partial charge is 0.471 e. The van der Waals surface area contributed by atoms with Crippen molar-refractivity contribution in [2.24, 2.45) is 0 Å². The Morgan fingerprint density at radius 1 is 0.733 bits per heavy atom. The second-order valence-electron chi connectivity index (χ2n) is 10.2. The molecule has 3 aromatic carbocycles. The van der Waals surface area contributed by atoms with Crippen molar-refractivity contribution >= 4 is 5.91 Å². The van der Waals surface area contributed by atoms with Crippen LogP contribution in [0.2, 0.25) is 0 Å². The number of aliphatic hydroxyl groups is 1. The van der Waals surface area contributed by atoms with Gasteiger partial charge in [-0.15, -0.1) is 0 Å². The Morgan fingerprint density at radius 3 is 1.58 bits per heavy atom. The number of ether oxygens (including phenoxy) is 7. The molecule has 0 radical (unpaired) electrons. The molecule has 0 aromatic heterocycles. The van der Waals surface area contributed by atoms with Crippen LogP contribution in [-0.2, 0) is 43.6 Å². The van der Waals surface area contributed by atoms with Crippen LogP contribution in [0, 0.1) is 0 Å². The third-order valence-corrected chi connectivity index (χ3v) is 7.13. The van der Waals surface area contributed by atoms with Gasteiger partial charge in [-0.05, 0) is 53.1 Å². The largest absolute Gasteiger partial charge is 0.497 e. The molecule has 0 aliphatic carbocycles. The first-order chi connectivity index (χ1) is 21.6. The zero-order valence-electron chi connectivity index (χ0n) is 25.0. The van der Waals surface area contributed by atoms with E-state index in [0.717, 1.165) is 11.1 Å². The number of hydrogen-bond acceptors (Lipinski definition) is 9. The number of halogens is 3. The zero-order chi connectivity index (χ0) is 32.4. The first kappa shape index (κ1) is 34.0. The third kappa shape index (κ3) is 9.55. The standard InChI is InChI=1S/C32H36F3NO9/c1-39-23-10-4-20(5-11-23)16-42-19-26-28(43-17-21-6-12-24(40-2)13-7-21)29(44-18-22-8-14-25(41-3)15-9-22)27(30(37)45-26)36-31(38)32(33,34)35/h4-15,26-30,37H,16-19H2,1-3H3,(H,36,38)/t26?,27?,28-,29-,30-/m1/s1. The van der Waals surface area contributed by atoms with Crippen molar-refractivity contribution in [3.63, 3.8) is 0 Å². The average Bonchev–Trinajstić information content (AvgIpc) is 3.04. The van der Waals surface area contributed by atoms with Crippen LogP contribution in [0.15, 0.2) is 72.8 Å². The molecule has 244 valence electrons. The Labute approximate surface area is 258 Å². The Bertz CT molecular complexity index is 1340. The van der Waals surface area contributed by atoms with E-state index in [1.54, 1.807) is 67.8 Å². The molecule has 4 rings (SSSR count). The molecule has 2 N–H and O–H groups in total. The number of benzene rings is 3. The normalized spacial score (nSPS) is 21.6. The molecule has 1 amide bonds. The lowest BCUT2D eigenvalue weighted by Gasteiger charge is -2.45. The van der Waals surface area contributed by atoms with Crippen LogP contribution in [0.1, 0.15) is 16.7 Å². The van der Waals surface area contributed by atoms with Crippen LogP contribution < -0.4 is 19.5 Å². The van der Waals surface area contributed by atoms with Gasteiger partial charge < -0.3 is 43.6 Å². The number of carbonyl (C=O) groups is 1. The molecule has 1 aliphatic rings. The molecule has 0 saturated carbocycles. The molecule has 3 aromatic rings. The van der Waals surface area contributed by atoms with Gasteiger partial charge in [0, 0.05) is 0 Å². The summed E-state index contributed by atoms with van der Waals surface area (Å²) >= 11 is 0. The van der Waals surface area contributed by atoms with Gasteiger partial charge in [-0.2, -0.15) is 13.2 Å². The number of aliphatic hydroxyl groups excluding tert-OH is 1. The van der Waals surface area contributed by atoms with Crippen LogP contribution in [0.5, 0.6) is 17.2 Å². The van der Waals surface area contributed by atoms with Crippen molar-refractivity contribution in [1.82, 2.24) is 5.32 Å². The summed E-state index contributed by atoms with van der Waals surface area (Å²) < 4.78 is 79.4. The van der Waals surface area contributed by atoms with Crippen molar-refractivity contribution in [2.75, 3.05) is 27.9 Å². The van der Waals surface area contributed by atoms with Gasteiger partial charge in [-0.1, -0.05) is 36.4 Å². The number of nitrogens with one attached hydrogen (secondary N) is 1. The van der Waals surface area contributed by atoms with E-state index in [1.165, 1.54) is 14.2 Å². The molecule has 10 nitrogen and oxygen atoms in total. The number of rotatable bonds is 14. The van der Waals surface area contributed by atoms with Crippen molar-refractivity contribution in [2.45, 2.75) is 56.6 Å². The average molecular weight is 636 g/mol. The molecule has 0 bridgehead atoms. The van der Waals surface area contributed by atoms with E-state index >= 15 is 0 Å². The molecule has 45 heavy (non-hydrogen) atoms. The summed E-state index contributed by atoms with van der Waals surface area (Å²) in [6.07, 6.45) is -10.4. The van der Waals surface area contributed by atoms with Gasteiger partial charge in [0.2, 0.25) is 0 Å². The highest BCUT2D eigenvalue weighted by atomic mass is 19.4. The SMILES string of the molecule is COc1ccc(COCC2O[C@@H](O)C(NC(=O)C(F)(F)F)[C@@H](OCc3ccc(OC)cc3)[C@@H]2OCc2ccc(OC)cc2)cc1. The minimum absolute atomic E-state index is 0.00539. The summed E-state index contributed by atoms with van der Waals surface area (Å²) in [7, 11) is 4.61. The van der Waals surface area contributed by atoms with E-state index in [9.17, 15) is 23.1 Å². The maximum absolute atomic E-state index is 13.3. The summed E-state index contributed by atoms with van der Waals surface area (Å²) in [6.45, 7) is -0.0253. The van der Waals surface area contributed by atoms with E-state index in [1.807, 2.05) is 17.4 Å². The Kier molecular flexibility index (Phi) is 12.0. The van der Waals surface area contributed by atoms with E-state index in [4.69, 9.17) is 33.2 Å². The van der Waals surface area contributed by atoms with Crippen molar-refractivity contribution in [1.29, 1.82) is 0 Å². The van der Waals surface area contributed by atoms with Gasteiger partial charge in [0.15, 0.2) is 6.29 Å². The molecule has 1 saturated heterocycles. The number of methoxy groups -OCH3 is 3. The summed E-state index contributed by atoms with van der Waals surface area (Å²) in [5.74, 6) is -0.349. The molecule has 1 aliphatic heterocycles. The lowest BCUT2D eigenvalue weighted by atomic mass is 9.96. The van der Waals surface area contributed by atoms with Crippen LogP contribution in [-0.4, -0.2) is 75.8 Å². The van der Waals surface area contributed by atoms with Crippen LogP contribution in [0.3, 0.4) is 0 Å². The first-order valence-corrected chi connectivity index (χ1v) is 14.0. The van der Waals surface area contributed by atoms with Crippen molar-refractivity contribution in [3.8, 4) is 17.2 Å². The molecule has 1 fully saturated rings. The minimum Gasteiger partial charge on any atom is -0.497 e. The highest BCUT2D eigenvalue weighted by molar-refractivity contribution is 5.82. The van der Waals surface area contributed by atoms with Crippen LogP contribution in [0.4, 0.5) is 13.2 Å². The molecule has 1 heterocycles. The number of carbonyl (C=O) groups excluding carboxylic acids is 1. The van der Waals surface area contributed by atoms with Gasteiger partial charge in [-0.3, -0.25) is 4.79 Å². The lowest BCUT2D eigenvalue weighted by Crippen LogP contribution is -2.66. The summed E-state index contributed by atoms with van der Waals surface area (Å²) in [5, 5.41) is 12.7.